The third-order valence-corrected chi connectivity index (χ3v) is 1.31. The predicted octanol–water partition coefficient (Wildman–Crippen LogP) is 0.513. The smallest absolute Gasteiger partial charge is 0.169 e. The van der Waals surface area contributed by atoms with E-state index in [1.54, 1.807) is 0 Å². The maximum Gasteiger partial charge on any atom is 0.169 e. The number of aliphatic hydroxyl groups is 1. The molecule has 2 atom stereocenters. The summed E-state index contributed by atoms with van der Waals surface area (Å²) in [7, 11) is 0. The van der Waals surface area contributed by atoms with Gasteiger partial charge in [-0.25, -0.2) is 5.11 Å². The van der Waals surface area contributed by atoms with E-state index in [2.05, 4.69) is 12.2 Å². The molecule has 2 N–H and O–H groups in total. The predicted molar refractivity (Wildman–Crippen MR) is 39.1 cm³/mol. The molecule has 3 nitrogen and oxygen atoms in total. The molecule has 61 valence electrons. The van der Waals surface area contributed by atoms with Crippen LogP contribution in [0.5, 0.6) is 0 Å². The first kappa shape index (κ1) is 9.88. The van der Waals surface area contributed by atoms with Gasteiger partial charge in [0.05, 0.1) is 6.10 Å². The average Bonchev–Trinajstić information content (AvgIpc) is 1.88. The third kappa shape index (κ3) is 4.73. The van der Waals surface area contributed by atoms with Crippen LogP contribution in [-0.4, -0.2) is 24.0 Å². The molecule has 0 bridgehead atoms. The fourth-order valence-corrected chi connectivity index (χ4v) is 0.592. The molecule has 0 spiro atoms. The summed E-state index contributed by atoms with van der Waals surface area (Å²) >= 11 is 0. The minimum absolute atomic E-state index is 0.704. The maximum absolute atomic E-state index is 10.7. The molecule has 0 aromatic carbocycles. The van der Waals surface area contributed by atoms with Gasteiger partial charge in [-0.3, -0.25) is 5.32 Å². The number of rotatable bonds is 5. The van der Waals surface area contributed by atoms with E-state index in [-0.39, 0.29) is 0 Å². The fraction of sp³-hybridized carbons (Fsp3) is 1.00. The van der Waals surface area contributed by atoms with Crippen LogP contribution in [0.3, 0.4) is 0 Å². The van der Waals surface area contributed by atoms with E-state index >= 15 is 0 Å². The molecule has 0 aliphatic heterocycles. The molecule has 3 heteroatoms. The van der Waals surface area contributed by atoms with Gasteiger partial charge in [-0.15, -0.1) is 0 Å². The topological polar surface area (TPSA) is 52.2 Å². The van der Waals surface area contributed by atoms with E-state index in [0.29, 0.717) is 6.54 Å². The monoisotopic (exact) mass is 146 g/mol. The summed E-state index contributed by atoms with van der Waals surface area (Å²) in [4.78, 5) is 0. The Morgan fingerprint density at radius 1 is 1.60 bits per heavy atom. The molecule has 0 aliphatic carbocycles. The summed E-state index contributed by atoms with van der Waals surface area (Å²) in [5.74, 6) is 0. The van der Waals surface area contributed by atoms with Crippen molar-refractivity contribution in [1.82, 2.24) is 5.32 Å². The lowest BCUT2D eigenvalue weighted by molar-refractivity contribution is -0.0367. The summed E-state index contributed by atoms with van der Waals surface area (Å²) in [6.07, 6.45) is 0.244. The molecule has 0 aromatic heterocycles. The molecular weight excluding hydrogens is 130 g/mol. The van der Waals surface area contributed by atoms with Crippen molar-refractivity contribution in [3.8, 4) is 0 Å². The minimum Gasteiger partial charge on any atom is -0.389 e. The Kier molecular flexibility index (Phi) is 5.58. The van der Waals surface area contributed by atoms with Crippen molar-refractivity contribution in [3.05, 3.63) is 0 Å². The largest absolute Gasteiger partial charge is 0.389 e. The molecule has 0 aliphatic rings. The summed E-state index contributed by atoms with van der Waals surface area (Å²) in [6, 6.07) is 0. The number of aliphatic hydroxyl groups excluding tert-OH is 1. The van der Waals surface area contributed by atoms with Crippen LogP contribution in [0, 0.1) is 0 Å². The standard InChI is InChI=1S/C7H16NO2/c1-3-4-5-8-7(10)6(2)9/h6-9H,3-5H2,1-2H3. The molecule has 0 fully saturated rings. The minimum atomic E-state index is -1.02. The van der Waals surface area contributed by atoms with E-state index in [0.717, 1.165) is 12.8 Å². The zero-order valence-electron chi connectivity index (χ0n) is 6.63. The SMILES string of the molecule is CCCCNC([O])C(C)O. The Hall–Kier alpha value is -0.120. The van der Waals surface area contributed by atoms with Crippen LogP contribution in [0.15, 0.2) is 0 Å². The molecule has 0 amide bonds. The molecule has 2 unspecified atom stereocenters. The van der Waals surface area contributed by atoms with Crippen LogP contribution < -0.4 is 5.32 Å². The van der Waals surface area contributed by atoms with Gasteiger partial charge < -0.3 is 5.11 Å². The quantitative estimate of drug-likeness (QED) is 0.438. The summed E-state index contributed by atoms with van der Waals surface area (Å²) < 4.78 is 0. The van der Waals surface area contributed by atoms with E-state index in [4.69, 9.17) is 5.11 Å². The van der Waals surface area contributed by atoms with Gasteiger partial charge in [-0.2, -0.15) is 0 Å². The van der Waals surface area contributed by atoms with Gasteiger partial charge in [0.1, 0.15) is 0 Å². The highest BCUT2D eigenvalue weighted by molar-refractivity contribution is 4.58. The summed E-state index contributed by atoms with van der Waals surface area (Å²) in [6.45, 7) is 4.26. The summed E-state index contributed by atoms with van der Waals surface area (Å²) in [5.41, 5.74) is 0. The molecule has 0 rings (SSSR count). The zero-order chi connectivity index (χ0) is 7.98. The number of hydrogen-bond donors (Lipinski definition) is 2. The van der Waals surface area contributed by atoms with Crippen molar-refractivity contribution >= 4 is 0 Å². The second-order valence-electron chi connectivity index (χ2n) is 2.47. The highest BCUT2D eigenvalue weighted by Crippen LogP contribution is 1.89. The first-order valence-electron chi connectivity index (χ1n) is 3.75. The lowest BCUT2D eigenvalue weighted by atomic mass is 10.3. The number of nitrogens with one attached hydrogen (secondary N) is 1. The van der Waals surface area contributed by atoms with Gasteiger partial charge in [0, 0.05) is 0 Å². The molecule has 10 heavy (non-hydrogen) atoms. The Labute approximate surface area is 62.1 Å². The molecule has 0 heterocycles. The molecule has 0 aromatic rings. The van der Waals surface area contributed by atoms with Crippen LogP contribution in [-0.2, 0) is 5.11 Å². The second-order valence-corrected chi connectivity index (χ2v) is 2.47. The molecule has 0 saturated carbocycles. The van der Waals surface area contributed by atoms with Crippen LogP contribution in [0.4, 0.5) is 0 Å². The van der Waals surface area contributed by atoms with Crippen LogP contribution in [0.1, 0.15) is 26.7 Å². The van der Waals surface area contributed by atoms with E-state index in [1.165, 1.54) is 6.92 Å². The zero-order valence-corrected chi connectivity index (χ0v) is 6.63. The van der Waals surface area contributed by atoms with E-state index < -0.39 is 12.3 Å². The van der Waals surface area contributed by atoms with Crippen molar-refractivity contribution in [1.29, 1.82) is 0 Å². The normalized spacial score (nSPS) is 16.8. The van der Waals surface area contributed by atoms with Gasteiger partial charge in [0.2, 0.25) is 0 Å². The first-order valence-corrected chi connectivity index (χ1v) is 3.75. The van der Waals surface area contributed by atoms with Crippen molar-refractivity contribution in [3.63, 3.8) is 0 Å². The van der Waals surface area contributed by atoms with Crippen molar-refractivity contribution < 1.29 is 10.2 Å². The lowest BCUT2D eigenvalue weighted by Gasteiger charge is -2.11. The lowest BCUT2D eigenvalue weighted by Crippen LogP contribution is -2.37. The van der Waals surface area contributed by atoms with Crippen LogP contribution >= 0.6 is 0 Å². The highest BCUT2D eigenvalue weighted by Gasteiger charge is 2.09. The Balaban J connectivity index is 3.13. The van der Waals surface area contributed by atoms with E-state index in [9.17, 15) is 5.11 Å². The van der Waals surface area contributed by atoms with Crippen LogP contribution in [0.25, 0.3) is 0 Å². The Morgan fingerprint density at radius 3 is 2.60 bits per heavy atom. The van der Waals surface area contributed by atoms with Crippen molar-refractivity contribution in [2.45, 2.75) is 39.0 Å². The fourth-order valence-electron chi connectivity index (χ4n) is 0.592. The van der Waals surface area contributed by atoms with Crippen molar-refractivity contribution in [2.24, 2.45) is 0 Å². The average molecular weight is 146 g/mol. The first-order chi connectivity index (χ1) is 4.68. The van der Waals surface area contributed by atoms with Gasteiger partial charge in [0.25, 0.3) is 0 Å². The Morgan fingerprint density at radius 2 is 2.20 bits per heavy atom. The highest BCUT2D eigenvalue weighted by atomic mass is 16.3. The number of unbranched alkanes of at least 4 members (excludes halogenated alkanes) is 1. The van der Waals surface area contributed by atoms with Gasteiger partial charge in [-0.05, 0) is 19.9 Å². The molecule has 1 radical (unpaired) electrons. The third-order valence-electron chi connectivity index (χ3n) is 1.31. The molecular formula is C7H16NO2. The van der Waals surface area contributed by atoms with Gasteiger partial charge >= 0.3 is 0 Å². The van der Waals surface area contributed by atoms with Gasteiger partial charge in [-0.1, -0.05) is 13.3 Å². The summed E-state index contributed by atoms with van der Waals surface area (Å²) in [5, 5.41) is 22.2. The second kappa shape index (κ2) is 5.65. The van der Waals surface area contributed by atoms with E-state index in [1.807, 2.05) is 0 Å². The van der Waals surface area contributed by atoms with Crippen molar-refractivity contribution in [2.75, 3.05) is 6.54 Å². The van der Waals surface area contributed by atoms with Crippen LogP contribution in [0.2, 0.25) is 0 Å². The number of hydrogen-bond acceptors (Lipinski definition) is 2. The van der Waals surface area contributed by atoms with Gasteiger partial charge in [0.15, 0.2) is 6.23 Å². The molecule has 0 saturated heterocycles. The maximum atomic E-state index is 10.7. The Bertz CT molecular complexity index is 76.0.